The van der Waals surface area contributed by atoms with Gasteiger partial charge < -0.3 is 9.84 Å². The monoisotopic (exact) mass is 234 g/mol. The van der Waals surface area contributed by atoms with Gasteiger partial charge in [-0.1, -0.05) is 11.6 Å². The summed E-state index contributed by atoms with van der Waals surface area (Å²) in [5, 5.41) is 10.3. The number of aliphatic hydroxyl groups is 1. The number of hydrogen-bond acceptors (Lipinski definition) is 3. The van der Waals surface area contributed by atoms with Crippen LogP contribution in [-0.4, -0.2) is 23.6 Å². The highest BCUT2D eigenvalue weighted by atomic mass is 16.5. The first kappa shape index (κ1) is 12.1. The molecule has 1 fully saturated rings. The molecule has 0 aromatic heterocycles. The topological polar surface area (TPSA) is 46.5 Å². The number of carbonyl (C=O) groups excluding carboxylic acids is 1. The maximum atomic E-state index is 12.4. The van der Waals surface area contributed by atoms with E-state index < -0.39 is 5.60 Å². The summed E-state index contributed by atoms with van der Waals surface area (Å²) in [5.41, 5.74) is 0.314. The van der Waals surface area contributed by atoms with Crippen LogP contribution in [0.2, 0.25) is 0 Å². The lowest BCUT2D eigenvalue weighted by atomic mass is 9.90. The summed E-state index contributed by atoms with van der Waals surface area (Å²) in [6.07, 6.45) is 2.94. The fourth-order valence-corrected chi connectivity index (χ4v) is 2.44. The third-order valence-electron chi connectivity index (χ3n) is 3.45. The second kappa shape index (κ2) is 4.49. The third-order valence-corrected chi connectivity index (χ3v) is 3.45. The molecule has 3 nitrogen and oxygen atoms in total. The van der Waals surface area contributed by atoms with Crippen molar-refractivity contribution in [2.75, 3.05) is 7.11 Å². The number of ketones is 1. The summed E-state index contributed by atoms with van der Waals surface area (Å²) in [6.45, 7) is 1.93. The van der Waals surface area contributed by atoms with Crippen molar-refractivity contribution in [3.8, 4) is 5.75 Å². The van der Waals surface area contributed by atoms with Gasteiger partial charge in [0.15, 0.2) is 5.78 Å². The molecule has 0 radical (unpaired) electrons. The first-order valence-electron chi connectivity index (χ1n) is 5.99. The maximum absolute atomic E-state index is 12.4. The normalized spacial score (nSPS) is 18.1. The third kappa shape index (κ3) is 2.20. The number of carbonyl (C=O) groups is 1. The summed E-state index contributed by atoms with van der Waals surface area (Å²) in [4.78, 5) is 12.4. The number of methoxy groups -OCH3 is 1. The summed E-state index contributed by atoms with van der Waals surface area (Å²) in [6, 6.07) is 5.46. The molecule has 3 heteroatoms. The quantitative estimate of drug-likeness (QED) is 0.817. The standard InChI is InChI=1S/C14H18O3/c1-10-5-6-12(17-2)11(9-10)13(15)14(16)7-3-4-8-14/h5-6,9,16H,3-4,7-8H2,1-2H3. The van der Waals surface area contributed by atoms with E-state index in [1.807, 2.05) is 13.0 Å². The first-order valence-corrected chi connectivity index (χ1v) is 5.99. The van der Waals surface area contributed by atoms with Crippen LogP contribution in [-0.2, 0) is 0 Å². The highest BCUT2D eigenvalue weighted by Crippen LogP contribution is 2.35. The van der Waals surface area contributed by atoms with Crippen LogP contribution in [0, 0.1) is 6.92 Å². The molecule has 0 spiro atoms. The molecule has 1 aliphatic carbocycles. The van der Waals surface area contributed by atoms with E-state index >= 15 is 0 Å². The van der Waals surface area contributed by atoms with Gasteiger partial charge in [-0.2, -0.15) is 0 Å². The van der Waals surface area contributed by atoms with E-state index in [4.69, 9.17) is 4.74 Å². The molecule has 0 bridgehead atoms. The molecule has 1 aliphatic rings. The van der Waals surface area contributed by atoms with Crippen LogP contribution >= 0.6 is 0 Å². The van der Waals surface area contributed by atoms with Crippen molar-refractivity contribution in [1.29, 1.82) is 0 Å². The Kier molecular flexibility index (Phi) is 3.20. The lowest BCUT2D eigenvalue weighted by Gasteiger charge is -2.21. The van der Waals surface area contributed by atoms with Gasteiger partial charge in [-0.05, 0) is 44.7 Å². The molecular weight excluding hydrogens is 216 g/mol. The Balaban J connectivity index is 2.39. The van der Waals surface area contributed by atoms with Crippen molar-refractivity contribution >= 4 is 5.78 Å². The Morgan fingerprint density at radius 1 is 1.35 bits per heavy atom. The smallest absolute Gasteiger partial charge is 0.198 e. The maximum Gasteiger partial charge on any atom is 0.198 e. The Hall–Kier alpha value is -1.35. The molecule has 92 valence electrons. The minimum absolute atomic E-state index is 0.199. The van der Waals surface area contributed by atoms with Gasteiger partial charge in [0.05, 0.1) is 12.7 Å². The Labute approximate surface area is 101 Å². The van der Waals surface area contributed by atoms with Crippen molar-refractivity contribution < 1.29 is 14.6 Å². The first-order chi connectivity index (χ1) is 8.07. The lowest BCUT2D eigenvalue weighted by molar-refractivity contribution is 0.0350. The Bertz CT molecular complexity index is 431. The van der Waals surface area contributed by atoms with Crippen LogP contribution in [0.1, 0.15) is 41.6 Å². The van der Waals surface area contributed by atoms with E-state index in [1.165, 1.54) is 0 Å². The number of rotatable bonds is 3. The molecule has 1 aromatic carbocycles. The summed E-state index contributed by atoms with van der Waals surface area (Å²) >= 11 is 0. The number of ether oxygens (including phenoxy) is 1. The van der Waals surface area contributed by atoms with Crippen LogP contribution in [0.5, 0.6) is 5.75 Å². The number of aryl methyl sites for hydroxylation is 1. The van der Waals surface area contributed by atoms with Crippen LogP contribution in [0.3, 0.4) is 0 Å². The second-order valence-corrected chi connectivity index (χ2v) is 4.77. The predicted molar refractivity (Wildman–Crippen MR) is 65.5 cm³/mol. The zero-order valence-electron chi connectivity index (χ0n) is 10.3. The highest BCUT2D eigenvalue weighted by Gasteiger charge is 2.40. The molecule has 0 unspecified atom stereocenters. The van der Waals surface area contributed by atoms with Gasteiger partial charge in [0.2, 0.25) is 0 Å². The van der Waals surface area contributed by atoms with Gasteiger partial charge in [0, 0.05) is 0 Å². The van der Waals surface area contributed by atoms with E-state index in [-0.39, 0.29) is 5.78 Å². The van der Waals surface area contributed by atoms with Crippen molar-refractivity contribution in [2.24, 2.45) is 0 Å². The van der Waals surface area contributed by atoms with Crippen molar-refractivity contribution in [3.05, 3.63) is 29.3 Å². The fraction of sp³-hybridized carbons (Fsp3) is 0.500. The molecule has 0 saturated heterocycles. The van der Waals surface area contributed by atoms with Crippen molar-refractivity contribution in [3.63, 3.8) is 0 Å². The molecule has 1 saturated carbocycles. The molecule has 17 heavy (non-hydrogen) atoms. The van der Waals surface area contributed by atoms with Gasteiger partial charge in [0.25, 0.3) is 0 Å². The van der Waals surface area contributed by atoms with Gasteiger partial charge >= 0.3 is 0 Å². The molecular formula is C14H18O3. The van der Waals surface area contributed by atoms with E-state index in [9.17, 15) is 9.90 Å². The number of benzene rings is 1. The Morgan fingerprint density at radius 3 is 2.59 bits per heavy atom. The molecule has 0 aliphatic heterocycles. The number of Topliss-reactive ketones (excluding diaryl/α,β-unsaturated/α-hetero) is 1. The summed E-state index contributed by atoms with van der Waals surface area (Å²) in [7, 11) is 1.54. The van der Waals surface area contributed by atoms with Crippen molar-refractivity contribution in [1.82, 2.24) is 0 Å². The van der Waals surface area contributed by atoms with E-state index in [0.29, 0.717) is 24.2 Å². The lowest BCUT2D eigenvalue weighted by Crippen LogP contribution is -2.35. The molecule has 0 heterocycles. The van der Waals surface area contributed by atoms with Crippen LogP contribution in [0.4, 0.5) is 0 Å². The SMILES string of the molecule is COc1ccc(C)cc1C(=O)C1(O)CCCC1. The van der Waals surface area contributed by atoms with E-state index in [1.54, 1.807) is 19.2 Å². The molecule has 0 atom stereocenters. The van der Waals surface area contributed by atoms with Crippen LogP contribution in [0.25, 0.3) is 0 Å². The summed E-state index contributed by atoms with van der Waals surface area (Å²) < 4.78 is 5.19. The van der Waals surface area contributed by atoms with Crippen LogP contribution in [0.15, 0.2) is 18.2 Å². The summed E-state index contributed by atoms with van der Waals surface area (Å²) in [5.74, 6) is 0.344. The highest BCUT2D eigenvalue weighted by molar-refractivity contribution is 6.04. The van der Waals surface area contributed by atoms with Gasteiger partial charge in [-0.3, -0.25) is 4.79 Å². The molecule has 2 rings (SSSR count). The van der Waals surface area contributed by atoms with E-state index in [0.717, 1.165) is 18.4 Å². The van der Waals surface area contributed by atoms with Gasteiger partial charge in [0.1, 0.15) is 11.4 Å². The largest absolute Gasteiger partial charge is 0.496 e. The second-order valence-electron chi connectivity index (χ2n) is 4.77. The zero-order chi connectivity index (χ0) is 12.5. The van der Waals surface area contributed by atoms with E-state index in [2.05, 4.69) is 0 Å². The Morgan fingerprint density at radius 2 is 2.00 bits per heavy atom. The molecule has 1 aromatic rings. The fourth-order valence-electron chi connectivity index (χ4n) is 2.44. The predicted octanol–water partition coefficient (Wildman–Crippen LogP) is 2.49. The molecule has 1 N–H and O–H groups in total. The minimum atomic E-state index is -1.18. The van der Waals surface area contributed by atoms with Crippen LogP contribution < -0.4 is 4.74 Å². The van der Waals surface area contributed by atoms with Crippen molar-refractivity contribution in [2.45, 2.75) is 38.2 Å². The number of hydrogen-bond donors (Lipinski definition) is 1. The average Bonchev–Trinajstić information content (AvgIpc) is 2.76. The molecule has 0 amide bonds. The average molecular weight is 234 g/mol. The van der Waals surface area contributed by atoms with Gasteiger partial charge in [-0.15, -0.1) is 0 Å². The van der Waals surface area contributed by atoms with Gasteiger partial charge in [-0.25, -0.2) is 0 Å². The minimum Gasteiger partial charge on any atom is -0.496 e. The zero-order valence-corrected chi connectivity index (χ0v) is 10.3.